The van der Waals surface area contributed by atoms with Gasteiger partial charge in [0.2, 0.25) is 5.13 Å². The Bertz CT molecular complexity index is 1410. The number of nitrogens with zero attached hydrogens (tertiary/aromatic N) is 4. The fourth-order valence-corrected chi connectivity index (χ4v) is 6.28. The van der Waals surface area contributed by atoms with Gasteiger partial charge >= 0.3 is 0 Å². The molecule has 4 aromatic heterocycles. The largest absolute Gasteiger partial charge is 0.453 e. The van der Waals surface area contributed by atoms with Gasteiger partial charge in [0.25, 0.3) is 0 Å². The van der Waals surface area contributed by atoms with Crippen molar-refractivity contribution in [1.82, 2.24) is 24.6 Å². The molecule has 1 aliphatic rings. The number of thiophene rings is 1. The highest BCUT2D eigenvalue weighted by molar-refractivity contribution is 7.99. The molecule has 0 aliphatic carbocycles. The number of hydrogen-bond acceptors (Lipinski definition) is 10. The average Bonchev–Trinajstić information content (AvgIpc) is 3.63. The zero-order valence-corrected chi connectivity index (χ0v) is 20.4. The molecule has 0 bridgehead atoms. The Kier molecular flexibility index (Phi) is 6.11. The highest BCUT2D eigenvalue weighted by Gasteiger charge is 2.21. The molecule has 34 heavy (non-hydrogen) atoms. The molecule has 6 rings (SSSR count). The molecule has 1 aliphatic heterocycles. The first-order valence-corrected chi connectivity index (χ1v) is 13.3. The third kappa shape index (κ3) is 4.62. The Morgan fingerprint density at radius 2 is 2.06 bits per heavy atom. The smallest absolute Gasteiger partial charge is 0.208 e. The third-order valence-electron chi connectivity index (χ3n) is 5.43. The number of para-hydroxylation sites is 1. The van der Waals surface area contributed by atoms with Crippen LogP contribution >= 0.6 is 34.6 Å². The summed E-state index contributed by atoms with van der Waals surface area (Å²) in [7, 11) is 0. The number of benzene rings is 1. The normalized spacial score (nSPS) is 15.6. The van der Waals surface area contributed by atoms with Crippen LogP contribution in [0.3, 0.4) is 0 Å². The SMILES string of the molecule is c1ccc(Oc2cc(Sc3ccnc4ccsc34)cnc2Nc2nc(C3CCNC3)ns2)cc1. The van der Waals surface area contributed by atoms with Gasteiger partial charge in [-0.15, -0.1) is 11.3 Å². The molecule has 0 spiro atoms. The van der Waals surface area contributed by atoms with E-state index in [1.54, 1.807) is 23.1 Å². The van der Waals surface area contributed by atoms with E-state index in [-0.39, 0.29) is 0 Å². The molecule has 1 fully saturated rings. The molecule has 0 amide bonds. The van der Waals surface area contributed by atoms with Crippen molar-refractivity contribution in [3.8, 4) is 11.5 Å². The lowest BCUT2D eigenvalue weighted by Crippen LogP contribution is -2.08. The second kappa shape index (κ2) is 9.67. The molecule has 2 N–H and O–H groups in total. The maximum atomic E-state index is 6.24. The zero-order chi connectivity index (χ0) is 22.7. The number of pyridine rings is 2. The van der Waals surface area contributed by atoms with Gasteiger partial charge < -0.3 is 15.4 Å². The molecule has 7 nitrogen and oxygen atoms in total. The molecule has 1 saturated heterocycles. The molecule has 5 aromatic rings. The van der Waals surface area contributed by atoms with Gasteiger partial charge in [-0.2, -0.15) is 4.37 Å². The summed E-state index contributed by atoms with van der Waals surface area (Å²) in [5, 5.41) is 9.47. The van der Waals surface area contributed by atoms with Crippen LogP contribution in [0.15, 0.2) is 76.1 Å². The van der Waals surface area contributed by atoms with Crippen molar-refractivity contribution < 1.29 is 4.74 Å². The first-order chi connectivity index (χ1) is 16.8. The summed E-state index contributed by atoms with van der Waals surface area (Å²) >= 11 is 4.69. The monoisotopic (exact) mass is 504 g/mol. The van der Waals surface area contributed by atoms with Gasteiger partial charge in [-0.05, 0) is 42.6 Å². The summed E-state index contributed by atoms with van der Waals surface area (Å²) in [6.45, 7) is 1.94. The first-order valence-electron chi connectivity index (χ1n) is 10.9. The lowest BCUT2D eigenvalue weighted by Gasteiger charge is -2.12. The minimum atomic E-state index is 0.369. The van der Waals surface area contributed by atoms with E-state index in [1.165, 1.54) is 16.2 Å². The Morgan fingerprint density at radius 1 is 1.12 bits per heavy atom. The quantitative estimate of drug-likeness (QED) is 0.267. The Labute approximate surface area is 208 Å². The summed E-state index contributed by atoms with van der Waals surface area (Å²) in [6.07, 6.45) is 4.76. The van der Waals surface area contributed by atoms with Crippen LogP contribution in [0.5, 0.6) is 11.5 Å². The highest BCUT2D eigenvalue weighted by atomic mass is 32.2. The molecule has 170 valence electrons. The lowest BCUT2D eigenvalue weighted by atomic mass is 10.1. The Hall–Kier alpha value is -3.05. The van der Waals surface area contributed by atoms with E-state index in [0.29, 0.717) is 22.6 Å². The predicted octanol–water partition coefficient (Wildman–Crippen LogP) is 6.31. The molecular weight excluding hydrogens is 485 g/mol. The zero-order valence-electron chi connectivity index (χ0n) is 18.0. The van der Waals surface area contributed by atoms with Crippen molar-refractivity contribution in [2.45, 2.75) is 22.1 Å². The van der Waals surface area contributed by atoms with Crippen LogP contribution in [0.2, 0.25) is 0 Å². The highest BCUT2D eigenvalue weighted by Crippen LogP contribution is 2.39. The van der Waals surface area contributed by atoms with E-state index < -0.39 is 0 Å². The summed E-state index contributed by atoms with van der Waals surface area (Å²) in [6, 6.07) is 15.8. The van der Waals surface area contributed by atoms with Crippen molar-refractivity contribution in [2.75, 3.05) is 18.4 Å². The molecule has 10 heteroatoms. The summed E-state index contributed by atoms with van der Waals surface area (Å²) in [4.78, 5) is 16.0. The number of fused-ring (bicyclic) bond motifs is 1. The minimum absolute atomic E-state index is 0.369. The van der Waals surface area contributed by atoms with E-state index in [2.05, 4.69) is 25.4 Å². The van der Waals surface area contributed by atoms with E-state index >= 15 is 0 Å². The fraction of sp³-hybridized carbons (Fsp3) is 0.167. The van der Waals surface area contributed by atoms with Crippen LogP contribution in [0.4, 0.5) is 10.9 Å². The van der Waals surface area contributed by atoms with Gasteiger partial charge in [0.15, 0.2) is 11.6 Å². The van der Waals surface area contributed by atoms with Gasteiger partial charge in [0.1, 0.15) is 11.6 Å². The van der Waals surface area contributed by atoms with Crippen LogP contribution in [-0.2, 0) is 0 Å². The molecule has 5 heterocycles. The minimum Gasteiger partial charge on any atom is -0.453 e. The summed E-state index contributed by atoms with van der Waals surface area (Å²) < 4.78 is 12.0. The first kappa shape index (κ1) is 21.5. The van der Waals surface area contributed by atoms with Crippen molar-refractivity contribution in [1.29, 1.82) is 0 Å². The number of anilines is 2. The van der Waals surface area contributed by atoms with Crippen molar-refractivity contribution in [3.05, 3.63) is 72.1 Å². The average molecular weight is 505 g/mol. The predicted molar refractivity (Wildman–Crippen MR) is 138 cm³/mol. The maximum absolute atomic E-state index is 6.24. The molecule has 1 aromatic carbocycles. The summed E-state index contributed by atoms with van der Waals surface area (Å²) in [5.74, 6) is 3.23. The van der Waals surface area contributed by atoms with Crippen molar-refractivity contribution in [2.24, 2.45) is 0 Å². The number of ether oxygens (including phenoxy) is 1. The van der Waals surface area contributed by atoms with Crippen molar-refractivity contribution in [3.63, 3.8) is 0 Å². The molecule has 1 atom stereocenters. The van der Waals surface area contributed by atoms with E-state index in [1.807, 2.05) is 60.9 Å². The van der Waals surface area contributed by atoms with E-state index in [0.717, 1.165) is 46.4 Å². The van der Waals surface area contributed by atoms with Crippen LogP contribution < -0.4 is 15.4 Å². The Balaban J connectivity index is 1.30. The number of aromatic nitrogens is 4. The number of nitrogens with one attached hydrogen (secondary N) is 2. The number of hydrogen-bond donors (Lipinski definition) is 2. The standard InChI is InChI=1S/C24H20N6OS3/c1-2-4-16(5-3-1)31-19-12-17(33-20-7-10-26-18-8-11-32-21(18)20)14-27-23(19)29-24-28-22(30-34-24)15-6-9-25-13-15/h1-5,7-8,10-12,14-15,25H,6,9,13H2,(H,27,28,29,30). The molecule has 0 saturated carbocycles. The van der Waals surface area contributed by atoms with Gasteiger partial charge in [0.05, 0.1) is 10.2 Å². The third-order valence-corrected chi connectivity index (χ3v) is 8.16. The van der Waals surface area contributed by atoms with E-state index in [9.17, 15) is 0 Å². The van der Waals surface area contributed by atoms with Gasteiger partial charge in [-0.25, -0.2) is 9.97 Å². The molecule has 0 radical (unpaired) electrons. The van der Waals surface area contributed by atoms with Crippen LogP contribution in [0.25, 0.3) is 10.2 Å². The second-order valence-electron chi connectivity index (χ2n) is 7.75. The van der Waals surface area contributed by atoms with Gasteiger partial charge in [-0.3, -0.25) is 4.98 Å². The van der Waals surface area contributed by atoms with Gasteiger partial charge in [-0.1, -0.05) is 30.0 Å². The van der Waals surface area contributed by atoms with Gasteiger partial charge in [0, 0.05) is 52.2 Å². The fourth-order valence-electron chi connectivity index (χ4n) is 3.75. The molecule has 1 unspecified atom stereocenters. The van der Waals surface area contributed by atoms with Crippen LogP contribution in [0.1, 0.15) is 18.2 Å². The maximum Gasteiger partial charge on any atom is 0.208 e. The second-order valence-corrected chi connectivity index (χ2v) is 10.5. The topological polar surface area (TPSA) is 84.9 Å². The van der Waals surface area contributed by atoms with Crippen LogP contribution in [0, 0.1) is 0 Å². The van der Waals surface area contributed by atoms with Crippen LogP contribution in [-0.4, -0.2) is 32.4 Å². The van der Waals surface area contributed by atoms with Crippen molar-refractivity contribution >= 4 is 55.8 Å². The lowest BCUT2D eigenvalue weighted by molar-refractivity contribution is 0.481. The Morgan fingerprint density at radius 3 is 2.94 bits per heavy atom. The van der Waals surface area contributed by atoms with E-state index in [4.69, 9.17) is 14.7 Å². The number of rotatable bonds is 7. The summed E-state index contributed by atoms with van der Waals surface area (Å²) in [5.41, 5.74) is 1.01. The molecular formula is C24H20N6OS3.